The third-order valence-electron chi connectivity index (χ3n) is 2.18. The Balaban J connectivity index is 2.30. The zero-order valence-corrected chi connectivity index (χ0v) is 8.58. The van der Waals surface area contributed by atoms with Crippen molar-refractivity contribution in [2.45, 2.75) is 32.9 Å². The second-order valence-electron chi connectivity index (χ2n) is 3.70. The Morgan fingerprint density at radius 1 is 1.43 bits per heavy atom. The predicted molar refractivity (Wildman–Crippen MR) is 53.2 cm³/mol. The van der Waals surface area contributed by atoms with Gasteiger partial charge in [-0.15, -0.1) is 0 Å². The minimum absolute atomic E-state index is 0.163. The summed E-state index contributed by atoms with van der Waals surface area (Å²) in [6, 6.07) is 0. The van der Waals surface area contributed by atoms with Gasteiger partial charge in [0.25, 0.3) is 0 Å². The molecule has 2 heterocycles. The van der Waals surface area contributed by atoms with E-state index >= 15 is 0 Å². The molecule has 1 aliphatic heterocycles. The van der Waals surface area contributed by atoms with E-state index < -0.39 is 0 Å². The number of rotatable bonds is 2. The van der Waals surface area contributed by atoms with Gasteiger partial charge in [0.1, 0.15) is 6.33 Å². The molecule has 0 aliphatic carbocycles. The van der Waals surface area contributed by atoms with Crippen molar-refractivity contribution in [3.05, 3.63) is 17.6 Å². The lowest BCUT2D eigenvalue weighted by Gasteiger charge is -2.19. The van der Waals surface area contributed by atoms with E-state index in [2.05, 4.69) is 15.3 Å². The van der Waals surface area contributed by atoms with Crippen molar-refractivity contribution in [1.29, 1.82) is 0 Å². The van der Waals surface area contributed by atoms with E-state index in [-0.39, 0.29) is 6.10 Å². The number of ether oxygens (including phenoxy) is 1. The summed E-state index contributed by atoms with van der Waals surface area (Å²) in [5.41, 5.74) is 2.24. The second kappa shape index (κ2) is 3.92. The van der Waals surface area contributed by atoms with Crippen LogP contribution in [-0.4, -0.2) is 22.6 Å². The SMILES string of the molecule is CC(C)Oc1ncnc2c1CNCC2. The molecule has 4 heteroatoms. The van der Waals surface area contributed by atoms with Crippen molar-refractivity contribution in [3.63, 3.8) is 0 Å². The fourth-order valence-corrected chi connectivity index (χ4v) is 1.57. The van der Waals surface area contributed by atoms with Crippen LogP contribution in [0.4, 0.5) is 0 Å². The van der Waals surface area contributed by atoms with Crippen LogP contribution in [0, 0.1) is 0 Å². The van der Waals surface area contributed by atoms with E-state index in [1.165, 1.54) is 0 Å². The van der Waals surface area contributed by atoms with Crippen molar-refractivity contribution >= 4 is 0 Å². The van der Waals surface area contributed by atoms with Crippen molar-refractivity contribution in [3.8, 4) is 5.88 Å². The van der Waals surface area contributed by atoms with Gasteiger partial charge in [-0.3, -0.25) is 0 Å². The van der Waals surface area contributed by atoms with E-state index in [0.717, 1.165) is 36.6 Å². The molecule has 1 aliphatic rings. The van der Waals surface area contributed by atoms with Crippen LogP contribution in [0.3, 0.4) is 0 Å². The summed E-state index contributed by atoms with van der Waals surface area (Å²) in [7, 11) is 0. The van der Waals surface area contributed by atoms with E-state index in [4.69, 9.17) is 4.74 Å². The van der Waals surface area contributed by atoms with Gasteiger partial charge in [-0.25, -0.2) is 9.97 Å². The van der Waals surface area contributed by atoms with Gasteiger partial charge in [0, 0.05) is 25.1 Å². The van der Waals surface area contributed by atoms with E-state index in [1.54, 1.807) is 6.33 Å². The quantitative estimate of drug-likeness (QED) is 0.758. The molecule has 4 nitrogen and oxygen atoms in total. The predicted octanol–water partition coefficient (Wildman–Crippen LogP) is 0.909. The molecule has 1 N–H and O–H groups in total. The van der Waals surface area contributed by atoms with E-state index in [1.807, 2.05) is 13.8 Å². The van der Waals surface area contributed by atoms with Crippen molar-refractivity contribution in [2.24, 2.45) is 0 Å². The molecule has 0 saturated carbocycles. The highest BCUT2D eigenvalue weighted by molar-refractivity contribution is 5.31. The Bertz CT molecular complexity index is 325. The molecule has 76 valence electrons. The Labute approximate surface area is 83.7 Å². The van der Waals surface area contributed by atoms with Gasteiger partial charge < -0.3 is 10.1 Å². The first kappa shape index (κ1) is 9.40. The smallest absolute Gasteiger partial charge is 0.221 e. The minimum Gasteiger partial charge on any atom is -0.475 e. The molecule has 0 spiro atoms. The lowest BCUT2D eigenvalue weighted by atomic mass is 10.1. The number of aromatic nitrogens is 2. The molecule has 0 radical (unpaired) electrons. The Hall–Kier alpha value is -1.16. The first-order valence-electron chi connectivity index (χ1n) is 4.97. The van der Waals surface area contributed by atoms with Crippen LogP contribution >= 0.6 is 0 Å². The highest BCUT2D eigenvalue weighted by Crippen LogP contribution is 2.21. The average molecular weight is 193 g/mol. The summed E-state index contributed by atoms with van der Waals surface area (Å²) in [4.78, 5) is 8.41. The molecule has 1 aromatic rings. The molecular weight excluding hydrogens is 178 g/mol. The van der Waals surface area contributed by atoms with Gasteiger partial charge >= 0.3 is 0 Å². The number of nitrogens with zero attached hydrogens (tertiary/aromatic N) is 2. The van der Waals surface area contributed by atoms with Crippen LogP contribution in [0.15, 0.2) is 6.33 Å². The van der Waals surface area contributed by atoms with Gasteiger partial charge in [0.15, 0.2) is 0 Å². The normalized spacial score (nSPS) is 15.4. The fourth-order valence-electron chi connectivity index (χ4n) is 1.57. The highest BCUT2D eigenvalue weighted by Gasteiger charge is 2.16. The molecule has 0 unspecified atom stereocenters. The van der Waals surface area contributed by atoms with Crippen LogP contribution in [0.2, 0.25) is 0 Å². The molecule has 0 bridgehead atoms. The lowest BCUT2D eigenvalue weighted by molar-refractivity contribution is 0.228. The first-order valence-corrected chi connectivity index (χ1v) is 4.97. The van der Waals surface area contributed by atoms with Crippen molar-refractivity contribution < 1.29 is 4.74 Å². The molecule has 2 rings (SSSR count). The molecule has 0 amide bonds. The molecular formula is C10H15N3O. The second-order valence-corrected chi connectivity index (χ2v) is 3.70. The molecule has 0 aromatic carbocycles. The van der Waals surface area contributed by atoms with E-state index in [0.29, 0.717) is 0 Å². The van der Waals surface area contributed by atoms with Crippen molar-refractivity contribution in [1.82, 2.24) is 15.3 Å². The van der Waals surface area contributed by atoms with Crippen LogP contribution in [0.5, 0.6) is 5.88 Å². The largest absolute Gasteiger partial charge is 0.475 e. The molecule has 14 heavy (non-hydrogen) atoms. The Morgan fingerprint density at radius 2 is 2.29 bits per heavy atom. The third kappa shape index (κ3) is 1.85. The molecule has 0 atom stereocenters. The zero-order valence-electron chi connectivity index (χ0n) is 8.58. The van der Waals surface area contributed by atoms with Crippen LogP contribution in [0.1, 0.15) is 25.1 Å². The summed E-state index contributed by atoms with van der Waals surface area (Å²) in [6.07, 6.45) is 2.71. The van der Waals surface area contributed by atoms with Crippen LogP contribution in [0.25, 0.3) is 0 Å². The Kier molecular flexibility index (Phi) is 2.63. The average Bonchev–Trinajstić information content (AvgIpc) is 2.18. The lowest BCUT2D eigenvalue weighted by Crippen LogP contribution is -2.26. The maximum atomic E-state index is 5.62. The van der Waals surface area contributed by atoms with Gasteiger partial charge in [0.05, 0.1) is 11.8 Å². The number of fused-ring (bicyclic) bond motifs is 1. The zero-order chi connectivity index (χ0) is 9.97. The Morgan fingerprint density at radius 3 is 3.07 bits per heavy atom. The van der Waals surface area contributed by atoms with Crippen molar-refractivity contribution in [2.75, 3.05) is 6.54 Å². The first-order chi connectivity index (χ1) is 6.77. The van der Waals surface area contributed by atoms with Gasteiger partial charge in [0.2, 0.25) is 5.88 Å². The molecule has 1 aromatic heterocycles. The molecule has 0 fully saturated rings. The van der Waals surface area contributed by atoms with E-state index in [9.17, 15) is 0 Å². The van der Waals surface area contributed by atoms with Crippen LogP contribution < -0.4 is 10.1 Å². The number of nitrogens with one attached hydrogen (secondary N) is 1. The summed E-state index contributed by atoms with van der Waals surface area (Å²) < 4.78 is 5.62. The standard InChI is InChI=1S/C10H15N3O/c1-7(2)14-10-8-5-11-4-3-9(8)12-6-13-10/h6-7,11H,3-5H2,1-2H3. The third-order valence-corrected chi connectivity index (χ3v) is 2.18. The van der Waals surface area contributed by atoms with Gasteiger partial charge in [-0.05, 0) is 13.8 Å². The summed E-state index contributed by atoms with van der Waals surface area (Å²) >= 11 is 0. The maximum Gasteiger partial charge on any atom is 0.221 e. The minimum atomic E-state index is 0.163. The maximum absolute atomic E-state index is 5.62. The number of hydrogen-bond acceptors (Lipinski definition) is 4. The van der Waals surface area contributed by atoms with Gasteiger partial charge in [-0.1, -0.05) is 0 Å². The topological polar surface area (TPSA) is 47.0 Å². The summed E-state index contributed by atoms with van der Waals surface area (Å²) in [5.74, 6) is 0.734. The molecule has 0 saturated heterocycles. The van der Waals surface area contributed by atoms with Gasteiger partial charge in [-0.2, -0.15) is 0 Å². The summed E-state index contributed by atoms with van der Waals surface area (Å²) in [6.45, 7) is 5.82. The highest BCUT2D eigenvalue weighted by atomic mass is 16.5. The monoisotopic (exact) mass is 193 g/mol. The van der Waals surface area contributed by atoms with Crippen LogP contribution in [-0.2, 0) is 13.0 Å². The summed E-state index contributed by atoms with van der Waals surface area (Å²) in [5, 5.41) is 3.29. The fraction of sp³-hybridized carbons (Fsp3) is 0.600. The number of hydrogen-bond donors (Lipinski definition) is 1.